The van der Waals surface area contributed by atoms with Crippen molar-refractivity contribution >= 4 is 35.5 Å². The number of hydrogen-bond donors (Lipinski definition) is 3. The lowest BCUT2D eigenvalue weighted by Gasteiger charge is -2.07. The molecule has 0 bridgehead atoms. The van der Waals surface area contributed by atoms with Crippen LogP contribution in [0.3, 0.4) is 0 Å². The number of thioether (sulfide) groups is 1. The summed E-state index contributed by atoms with van der Waals surface area (Å²) in [6, 6.07) is 15.0. The van der Waals surface area contributed by atoms with Gasteiger partial charge in [0.15, 0.2) is 0 Å². The van der Waals surface area contributed by atoms with Gasteiger partial charge in [0.25, 0.3) is 5.95 Å². The predicted octanol–water partition coefficient (Wildman–Crippen LogP) is 2.49. The zero-order chi connectivity index (χ0) is 20.6. The van der Waals surface area contributed by atoms with Crippen LogP contribution in [0.5, 0.6) is 5.75 Å². The van der Waals surface area contributed by atoms with Crippen LogP contribution in [0.4, 0.5) is 11.6 Å². The zero-order valence-corrected chi connectivity index (χ0v) is 16.8. The highest BCUT2D eigenvalue weighted by Gasteiger charge is 2.12. The number of hydrazone groups is 1. The van der Waals surface area contributed by atoms with Crippen LogP contribution in [-0.4, -0.2) is 39.9 Å². The average molecular weight is 411 g/mol. The lowest BCUT2D eigenvalue weighted by molar-refractivity contribution is -0.113. The fraction of sp³-hybridized carbons (Fsp3) is 0.158. The number of methoxy groups -OCH3 is 1. The molecule has 3 rings (SSSR count). The number of aryl methyl sites for hydroxylation is 1. The number of para-hydroxylation sites is 1. The van der Waals surface area contributed by atoms with E-state index >= 15 is 0 Å². The van der Waals surface area contributed by atoms with Gasteiger partial charge in [-0.1, -0.05) is 42.1 Å². The monoisotopic (exact) mass is 411 g/mol. The van der Waals surface area contributed by atoms with E-state index in [2.05, 4.69) is 26.0 Å². The summed E-state index contributed by atoms with van der Waals surface area (Å²) in [5.41, 5.74) is 5.36. The van der Waals surface area contributed by atoms with Gasteiger partial charge in [-0.3, -0.25) is 4.79 Å². The van der Waals surface area contributed by atoms with Gasteiger partial charge in [-0.05, 0) is 36.2 Å². The van der Waals surface area contributed by atoms with Crippen molar-refractivity contribution in [2.45, 2.75) is 12.1 Å². The number of nitrogens with one attached hydrogen (secondary N) is 2. The van der Waals surface area contributed by atoms with Gasteiger partial charge in [0.05, 0.1) is 19.1 Å². The molecular weight excluding hydrogens is 390 g/mol. The van der Waals surface area contributed by atoms with Crippen molar-refractivity contribution in [3.8, 4) is 5.75 Å². The van der Waals surface area contributed by atoms with Crippen LogP contribution in [0.15, 0.2) is 58.8 Å². The number of anilines is 2. The van der Waals surface area contributed by atoms with Crippen molar-refractivity contribution in [1.29, 1.82) is 0 Å². The molecule has 1 aromatic heterocycles. The van der Waals surface area contributed by atoms with Crippen LogP contribution < -0.4 is 21.3 Å². The van der Waals surface area contributed by atoms with E-state index in [9.17, 15) is 4.79 Å². The number of amides is 1. The van der Waals surface area contributed by atoms with Gasteiger partial charge in [-0.2, -0.15) is 5.10 Å². The number of aromatic nitrogens is 3. The summed E-state index contributed by atoms with van der Waals surface area (Å²) >= 11 is 1.18. The Labute approximate surface area is 172 Å². The molecule has 1 heterocycles. The summed E-state index contributed by atoms with van der Waals surface area (Å²) in [5.74, 6) is 6.96. The highest BCUT2D eigenvalue weighted by Crippen LogP contribution is 2.18. The van der Waals surface area contributed by atoms with E-state index in [1.54, 1.807) is 13.3 Å². The number of ether oxygens (including phenoxy) is 1. The van der Waals surface area contributed by atoms with E-state index < -0.39 is 0 Å². The van der Waals surface area contributed by atoms with Gasteiger partial charge in [-0.25, -0.2) is 10.1 Å². The lowest BCUT2D eigenvalue weighted by Crippen LogP contribution is -2.17. The minimum Gasteiger partial charge on any atom is -0.497 e. The summed E-state index contributed by atoms with van der Waals surface area (Å²) in [4.78, 5) is 12.2. The molecule has 0 aliphatic rings. The molecule has 9 nitrogen and oxygen atoms in total. The third kappa shape index (κ3) is 5.48. The molecule has 150 valence electrons. The van der Waals surface area contributed by atoms with E-state index in [4.69, 9.17) is 10.6 Å². The number of hydrogen-bond acceptors (Lipinski definition) is 8. The van der Waals surface area contributed by atoms with Gasteiger partial charge < -0.3 is 15.9 Å². The molecule has 0 atom stereocenters. The largest absolute Gasteiger partial charge is 0.497 e. The molecule has 3 aromatic rings. The van der Waals surface area contributed by atoms with E-state index in [-0.39, 0.29) is 17.6 Å². The Morgan fingerprint density at radius 2 is 2.10 bits per heavy atom. The second kappa shape index (κ2) is 9.60. The van der Waals surface area contributed by atoms with Gasteiger partial charge in [0, 0.05) is 5.69 Å². The Morgan fingerprint density at radius 3 is 2.90 bits per heavy atom. The number of carbonyl (C=O) groups excluding carboxylic acids is 1. The first kappa shape index (κ1) is 20.2. The SMILES string of the molecule is COc1cccc(/C=N/Nc2nnc(SCC(=O)Nc3ccccc3C)n2N)c1. The normalized spacial score (nSPS) is 10.8. The molecule has 4 N–H and O–H groups in total. The standard InChI is InChI=1S/C19H21N7O2S/c1-13-6-3-4-9-16(13)22-17(27)12-29-19-25-24-18(26(19)20)23-21-11-14-7-5-8-15(10-14)28-2/h3-11H,12,20H2,1-2H3,(H,22,27)(H,23,24)/b21-11+. The molecule has 0 aliphatic carbocycles. The van der Waals surface area contributed by atoms with Crippen molar-refractivity contribution in [2.75, 3.05) is 29.4 Å². The summed E-state index contributed by atoms with van der Waals surface area (Å²) in [6.45, 7) is 1.93. The molecule has 0 fully saturated rings. The fourth-order valence-electron chi connectivity index (χ4n) is 2.37. The highest BCUT2D eigenvalue weighted by atomic mass is 32.2. The summed E-state index contributed by atoms with van der Waals surface area (Å²) in [5, 5.41) is 15.3. The Kier molecular flexibility index (Phi) is 6.69. The van der Waals surface area contributed by atoms with E-state index in [1.807, 2.05) is 55.5 Å². The van der Waals surface area contributed by atoms with Crippen molar-refractivity contribution in [3.63, 3.8) is 0 Å². The molecule has 0 spiro atoms. The predicted molar refractivity (Wildman–Crippen MR) is 115 cm³/mol. The van der Waals surface area contributed by atoms with Crippen molar-refractivity contribution in [2.24, 2.45) is 5.10 Å². The Balaban J connectivity index is 1.54. The summed E-state index contributed by atoms with van der Waals surface area (Å²) < 4.78 is 6.41. The molecule has 0 saturated carbocycles. The molecule has 1 amide bonds. The van der Waals surface area contributed by atoms with Crippen molar-refractivity contribution in [1.82, 2.24) is 14.9 Å². The number of nitrogens with two attached hydrogens (primary N) is 1. The van der Waals surface area contributed by atoms with Crippen LogP contribution in [0.1, 0.15) is 11.1 Å². The second-order valence-corrected chi connectivity index (χ2v) is 6.92. The molecule has 2 aromatic carbocycles. The molecule has 0 radical (unpaired) electrons. The topological polar surface area (TPSA) is 119 Å². The minimum absolute atomic E-state index is 0.150. The molecular formula is C19H21N7O2S. The Hall–Kier alpha value is -3.53. The zero-order valence-electron chi connectivity index (χ0n) is 16.0. The third-order valence-corrected chi connectivity index (χ3v) is 4.83. The Morgan fingerprint density at radius 1 is 1.28 bits per heavy atom. The molecule has 0 aliphatic heterocycles. The quantitative estimate of drug-likeness (QED) is 0.225. The maximum atomic E-state index is 12.2. The smallest absolute Gasteiger partial charge is 0.264 e. The first-order valence-corrected chi connectivity index (χ1v) is 9.67. The van der Waals surface area contributed by atoms with E-state index in [1.165, 1.54) is 16.4 Å². The van der Waals surface area contributed by atoms with Gasteiger partial charge >= 0.3 is 0 Å². The van der Waals surface area contributed by atoms with Crippen LogP contribution in [0.2, 0.25) is 0 Å². The average Bonchev–Trinajstić information content (AvgIpc) is 3.08. The van der Waals surface area contributed by atoms with Crippen LogP contribution in [0, 0.1) is 6.92 Å². The first-order chi connectivity index (χ1) is 14.1. The number of benzene rings is 2. The first-order valence-electron chi connectivity index (χ1n) is 8.68. The summed E-state index contributed by atoms with van der Waals surface area (Å²) in [7, 11) is 1.60. The Bertz CT molecular complexity index is 1020. The van der Waals surface area contributed by atoms with Gasteiger partial charge in [0.1, 0.15) is 5.75 Å². The van der Waals surface area contributed by atoms with Crippen molar-refractivity contribution in [3.05, 3.63) is 59.7 Å². The lowest BCUT2D eigenvalue weighted by atomic mass is 10.2. The van der Waals surface area contributed by atoms with Crippen LogP contribution in [-0.2, 0) is 4.79 Å². The minimum atomic E-state index is -0.155. The summed E-state index contributed by atoms with van der Waals surface area (Å²) in [6.07, 6.45) is 1.61. The van der Waals surface area contributed by atoms with Gasteiger partial charge in [-0.15, -0.1) is 10.2 Å². The number of nitrogens with zero attached hydrogens (tertiary/aromatic N) is 4. The number of rotatable bonds is 8. The third-order valence-electron chi connectivity index (χ3n) is 3.89. The van der Waals surface area contributed by atoms with Crippen LogP contribution >= 0.6 is 11.8 Å². The fourth-order valence-corrected chi connectivity index (χ4v) is 3.02. The number of carbonyl (C=O) groups is 1. The second-order valence-electron chi connectivity index (χ2n) is 5.97. The molecule has 0 saturated heterocycles. The van der Waals surface area contributed by atoms with E-state index in [0.29, 0.717) is 5.16 Å². The highest BCUT2D eigenvalue weighted by molar-refractivity contribution is 7.99. The molecule has 10 heteroatoms. The van der Waals surface area contributed by atoms with Crippen molar-refractivity contribution < 1.29 is 9.53 Å². The van der Waals surface area contributed by atoms with E-state index in [0.717, 1.165) is 22.6 Å². The van der Waals surface area contributed by atoms with Crippen LogP contribution in [0.25, 0.3) is 0 Å². The molecule has 0 unspecified atom stereocenters. The number of nitrogen functional groups attached to an aromatic ring is 1. The van der Waals surface area contributed by atoms with Gasteiger partial charge in [0.2, 0.25) is 11.1 Å². The maximum absolute atomic E-state index is 12.2. The maximum Gasteiger partial charge on any atom is 0.264 e. The molecule has 29 heavy (non-hydrogen) atoms.